The molecule has 1 rings (SSSR count). The zero-order chi connectivity index (χ0) is 5.82. The van der Waals surface area contributed by atoms with Gasteiger partial charge in [0, 0.05) is 12.6 Å². The van der Waals surface area contributed by atoms with Crippen molar-refractivity contribution in [2.45, 2.75) is 19.4 Å². The molecule has 64 valence electrons. The molecule has 0 saturated carbocycles. The highest BCUT2D eigenvalue weighted by Crippen LogP contribution is 1.85. The van der Waals surface area contributed by atoms with E-state index < -0.39 is 0 Å². The summed E-state index contributed by atoms with van der Waals surface area (Å²) in [7, 11) is 0. The summed E-state index contributed by atoms with van der Waals surface area (Å²) in [5.41, 5.74) is 0. The van der Waals surface area contributed by atoms with Crippen molar-refractivity contribution >= 4 is 24.8 Å². The fraction of sp³-hybridized carbons (Fsp3) is 1.00. The molecular formula is C6H16Cl2N2. The monoisotopic (exact) mass is 186 g/mol. The molecule has 1 fully saturated rings. The molecule has 0 spiro atoms. The number of halogens is 2. The van der Waals surface area contributed by atoms with Crippen LogP contribution in [0.5, 0.6) is 0 Å². The molecule has 1 heterocycles. The molecule has 0 aromatic carbocycles. The summed E-state index contributed by atoms with van der Waals surface area (Å²) in [5, 5.41) is 6.72. The Morgan fingerprint density at radius 2 is 1.90 bits per heavy atom. The van der Waals surface area contributed by atoms with Crippen LogP contribution in [-0.2, 0) is 0 Å². The maximum absolute atomic E-state index is 3.38. The summed E-state index contributed by atoms with van der Waals surface area (Å²) >= 11 is 0. The van der Waals surface area contributed by atoms with E-state index in [0.717, 1.165) is 6.54 Å². The lowest BCUT2D eigenvalue weighted by molar-refractivity contribution is 0.568. The van der Waals surface area contributed by atoms with E-state index in [9.17, 15) is 0 Å². The van der Waals surface area contributed by atoms with E-state index in [1.807, 2.05) is 0 Å². The Hall–Kier alpha value is 0.500. The van der Waals surface area contributed by atoms with Crippen molar-refractivity contribution in [3.63, 3.8) is 0 Å². The predicted octanol–water partition coefficient (Wildman–Crippen LogP) is 0.801. The van der Waals surface area contributed by atoms with E-state index in [0.29, 0.717) is 6.04 Å². The van der Waals surface area contributed by atoms with Crippen LogP contribution in [0.3, 0.4) is 0 Å². The van der Waals surface area contributed by atoms with Gasteiger partial charge in [-0.3, -0.25) is 0 Å². The Labute approximate surface area is 75.0 Å². The summed E-state index contributed by atoms with van der Waals surface area (Å²) < 4.78 is 0. The van der Waals surface area contributed by atoms with Crippen molar-refractivity contribution in [1.82, 2.24) is 10.6 Å². The lowest BCUT2D eigenvalue weighted by Crippen LogP contribution is -2.31. The van der Waals surface area contributed by atoms with E-state index in [1.165, 1.54) is 19.5 Å². The highest BCUT2D eigenvalue weighted by molar-refractivity contribution is 5.85. The number of hydrogen-bond acceptors (Lipinski definition) is 2. The van der Waals surface area contributed by atoms with Crippen LogP contribution in [0.25, 0.3) is 0 Å². The molecule has 0 aliphatic carbocycles. The van der Waals surface area contributed by atoms with Gasteiger partial charge < -0.3 is 10.6 Å². The van der Waals surface area contributed by atoms with Crippen molar-refractivity contribution in [2.24, 2.45) is 0 Å². The molecule has 1 atom stereocenters. The third kappa shape index (κ3) is 5.30. The van der Waals surface area contributed by atoms with Crippen LogP contribution in [0.4, 0.5) is 0 Å². The van der Waals surface area contributed by atoms with Crippen LogP contribution in [0.15, 0.2) is 0 Å². The van der Waals surface area contributed by atoms with Crippen molar-refractivity contribution in [2.75, 3.05) is 19.6 Å². The van der Waals surface area contributed by atoms with Crippen molar-refractivity contribution < 1.29 is 0 Å². The summed E-state index contributed by atoms with van der Waals surface area (Å²) in [4.78, 5) is 0. The Morgan fingerprint density at radius 3 is 2.60 bits per heavy atom. The van der Waals surface area contributed by atoms with Gasteiger partial charge in [-0.15, -0.1) is 24.8 Å². The van der Waals surface area contributed by atoms with E-state index in [4.69, 9.17) is 0 Å². The fourth-order valence-corrected chi connectivity index (χ4v) is 0.953. The Bertz CT molecular complexity index is 62.8. The normalized spacial score (nSPS) is 25.5. The minimum Gasteiger partial charge on any atom is -0.315 e. The van der Waals surface area contributed by atoms with Crippen LogP contribution in [0, 0.1) is 0 Å². The smallest absolute Gasteiger partial charge is 0.0164 e. The van der Waals surface area contributed by atoms with Gasteiger partial charge in [0.25, 0.3) is 0 Å². The molecule has 1 aliphatic rings. The second-order valence-electron chi connectivity index (χ2n) is 2.41. The second-order valence-corrected chi connectivity index (χ2v) is 2.41. The minimum absolute atomic E-state index is 0. The van der Waals surface area contributed by atoms with Crippen molar-refractivity contribution in [3.8, 4) is 0 Å². The summed E-state index contributed by atoms with van der Waals surface area (Å²) in [6, 6.07) is 0.664. The van der Waals surface area contributed by atoms with E-state index in [2.05, 4.69) is 17.6 Å². The predicted molar refractivity (Wildman–Crippen MR) is 49.4 cm³/mol. The van der Waals surface area contributed by atoms with Crippen LogP contribution in [0.2, 0.25) is 0 Å². The van der Waals surface area contributed by atoms with Gasteiger partial charge in [0.05, 0.1) is 0 Å². The summed E-state index contributed by atoms with van der Waals surface area (Å²) in [6.45, 7) is 5.68. The Balaban J connectivity index is 0. The van der Waals surface area contributed by atoms with Gasteiger partial charge in [0.2, 0.25) is 0 Å². The molecule has 1 saturated heterocycles. The van der Waals surface area contributed by atoms with Gasteiger partial charge in [-0.05, 0) is 26.4 Å². The number of nitrogens with one attached hydrogen (secondary N) is 2. The molecule has 1 aliphatic heterocycles. The van der Waals surface area contributed by atoms with Gasteiger partial charge >= 0.3 is 0 Å². The molecule has 0 bridgehead atoms. The average Bonchev–Trinajstić information content (AvgIpc) is 1.94. The first-order valence-corrected chi connectivity index (χ1v) is 3.33. The van der Waals surface area contributed by atoms with Crippen LogP contribution >= 0.6 is 24.8 Å². The maximum Gasteiger partial charge on any atom is 0.0164 e. The molecule has 2 nitrogen and oxygen atoms in total. The van der Waals surface area contributed by atoms with Crippen molar-refractivity contribution in [3.05, 3.63) is 0 Å². The molecule has 0 aromatic rings. The standard InChI is InChI=1S/C6H14N2.2ClH/c1-6-5-7-3-2-4-8-6;;/h6-8H,2-5H2,1H3;2*1H/t6-;;/m0../s1. The molecule has 0 radical (unpaired) electrons. The van der Waals surface area contributed by atoms with E-state index in [-0.39, 0.29) is 24.8 Å². The second kappa shape index (κ2) is 7.61. The van der Waals surface area contributed by atoms with Gasteiger partial charge in [-0.2, -0.15) is 0 Å². The Morgan fingerprint density at radius 1 is 1.20 bits per heavy atom. The average molecular weight is 187 g/mol. The molecule has 0 aromatic heterocycles. The van der Waals surface area contributed by atoms with Crippen LogP contribution in [0.1, 0.15) is 13.3 Å². The molecule has 2 N–H and O–H groups in total. The van der Waals surface area contributed by atoms with Gasteiger partial charge in [-0.25, -0.2) is 0 Å². The zero-order valence-corrected chi connectivity index (χ0v) is 7.86. The van der Waals surface area contributed by atoms with Gasteiger partial charge in [0.15, 0.2) is 0 Å². The van der Waals surface area contributed by atoms with Crippen LogP contribution < -0.4 is 10.6 Å². The minimum atomic E-state index is 0. The molecule has 10 heavy (non-hydrogen) atoms. The lowest BCUT2D eigenvalue weighted by Gasteiger charge is -2.06. The Kier molecular flexibility index (Phi) is 9.97. The quantitative estimate of drug-likeness (QED) is 0.586. The number of hydrogen-bond donors (Lipinski definition) is 2. The van der Waals surface area contributed by atoms with Crippen molar-refractivity contribution in [1.29, 1.82) is 0 Å². The maximum atomic E-state index is 3.38. The first kappa shape index (κ1) is 13.1. The fourth-order valence-electron chi connectivity index (χ4n) is 0.953. The zero-order valence-electron chi connectivity index (χ0n) is 6.22. The van der Waals surface area contributed by atoms with E-state index >= 15 is 0 Å². The third-order valence-corrected chi connectivity index (χ3v) is 1.47. The first-order valence-electron chi connectivity index (χ1n) is 3.33. The molecular weight excluding hydrogens is 171 g/mol. The third-order valence-electron chi connectivity index (χ3n) is 1.47. The molecule has 4 heteroatoms. The molecule has 0 unspecified atom stereocenters. The van der Waals surface area contributed by atoms with Crippen LogP contribution in [-0.4, -0.2) is 25.7 Å². The van der Waals surface area contributed by atoms with Gasteiger partial charge in [-0.1, -0.05) is 0 Å². The topological polar surface area (TPSA) is 24.1 Å². The first-order chi connectivity index (χ1) is 3.89. The van der Waals surface area contributed by atoms with E-state index in [1.54, 1.807) is 0 Å². The largest absolute Gasteiger partial charge is 0.315 e. The summed E-state index contributed by atoms with van der Waals surface area (Å²) in [5.74, 6) is 0. The highest BCUT2D eigenvalue weighted by Gasteiger charge is 2.02. The number of rotatable bonds is 0. The highest BCUT2D eigenvalue weighted by atomic mass is 35.5. The summed E-state index contributed by atoms with van der Waals surface area (Å²) in [6.07, 6.45) is 1.27. The lowest BCUT2D eigenvalue weighted by atomic mass is 10.3. The van der Waals surface area contributed by atoms with Gasteiger partial charge in [0.1, 0.15) is 0 Å². The molecule has 0 amide bonds. The SMILES string of the molecule is C[C@H]1CNCCCN1.Cl.Cl.